The summed E-state index contributed by atoms with van der Waals surface area (Å²) >= 11 is 1.66. The summed E-state index contributed by atoms with van der Waals surface area (Å²) in [6.07, 6.45) is 2.67. The van der Waals surface area contributed by atoms with E-state index in [1.54, 1.807) is 18.4 Å². The minimum absolute atomic E-state index is 0.294. The van der Waals surface area contributed by atoms with Crippen LogP contribution in [-0.4, -0.2) is 17.8 Å². The molecule has 0 aromatic carbocycles. The van der Waals surface area contributed by atoms with E-state index >= 15 is 0 Å². The third-order valence-corrected chi connectivity index (χ3v) is 4.19. The topological polar surface area (TPSA) is 29.5 Å². The molecule has 2 nitrogen and oxygen atoms in total. The Morgan fingerprint density at radius 1 is 1.50 bits per heavy atom. The molecule has 1 atom stereocenters. The predicted octanol–water partition coefficient (Wildman–Crippen LogP) is 2.66. The summed E-state index contributed by atoms with van der Waals surface area (Å²) in [5.41, 5.74) is -0.294. The first kappa shape index (κ1) is 10.1. The van der Waals surface area contributed by atoms with E-state index in [4.69, 9.17) is 4.74 Å². The monoisotopic (exact) mass is 212 g/mol. The molecule has 1 saturated carbocycles. The number of aliphatic hydroxyl groups excluding tert-OH is 1. The van der Waals surface area contributed by atoms with Gasteiger partial charge in [0.25, 0.3) is 0 Å². The highest BCUT2D eigenvalue weighted by Crippen LogP contribution is 2.46. The Morgan fingerprint density at radius 2 is 2.21 bits per heavy atom. The minimum atomic E-state index is -0.444. The summed E-state index contributed by atoms with van der Waals surface area (Å²) in [4.78, 5) is 2.27. The molecule has 1 unspecified atom stereocenters. The summed E-state index contributed by atoms with van der Waals surface area (Å²) < 4.78 is 5.46. The van der Waals surface area contributed by atoms with Crippen molar-refractivity contribution in [3.8, 4) is 0 Å². The number of aliphatic hydroxyl groups is 1. The van der Waals surface area contributed by atoms with Gasteiger partial charge in [0.05, 0.1) is 5.60 Å². The van der Waals surface area contributed by atoms with Crippen LogP contribution in [0.3, 0.4) is 0 Å². The maximum absolute atomic E-state index is 10.2. The highest BCUT2D eigenvalue weighted by Gasteiger charge is 2.44. The number of hydrogen-bond donors (Lipinski definition) is 1. The van der Waals surface area contributed by atoms with Gasteiger partial charge in [-0.2, -0.15) is 0 Å². The smallest absolute Gasteiger partial charge is 0.117 e. The normalized spacial score (nSPS) is 21.6. The van der Waals surface area contributed by atoms with Gasteiger partial charge in [0, 0.05) is 16.9 Å². The molecule has 78 valence electrons. The number of aryl methyl sites for hydroxylation is 1. The Bertz CT molecular complexity index is 309. The molecule has 1 aliphatic rings. The molecule has 0 bridgehead atoms. The summed E-state index contributed by atoms with van der Waals surface area (Å²) in [6, 6.07) is 4.05. The second-order valence-corrected chi connectivity index (χ2v) is 5.29. The fraction of sp³-hybridized carbons (Fsp3) is 0.636. The lowest BCUT2D eigenvalue weighted by Gasteiger charge is -2.43. The third-order valence-electron chi connectivity index (χ3n) is 3.14. The van der Waals surface area contributed by atoms with Crippen molar-refractivity contribution < 1.29 is 9.84 Å². The molecule has 1 aromatic heterocycles. The van der Waals surface area contributed by atoms with Gasteiger partial charge in [-0.25, -0.2) is 0 Å². The van der Waals surface area contributed by atoms with Gasteiger partial charge in [-0.05, 0) is 38.3 Å². The van der Waals surface area contributed by atoms with Crippen LogP contribution in [-0.2, 0) is 4.74 Å². The molecule has 1 heterocycles. The summed E-state index contributed by atoms with van der Waals surface area (Å²) in [7, 11) is 1.70. The molecule has 2 rings (SSSR count). The maximum atomic E-state index is 10.2. The number of thiophene rings is 1. The second-order valence-electron chi connectivity index (χ2n) is 3.97. The van der Waals surface area contributed by atoms with E-state index < -0.39 is 6.10 Å². The largest absolute Gasteiger partial charge is 0.385 e. The molecule has 1 N–H and O–H groups in total. The van der Waals surface area contributed by atoms with E-state index in [2.05, 4.69) is 6.92 Å². The van der Waals surface area contributed by atoms with E-state index in [-0.39, 0.29) is 5.60 Å². The van der Waals surface area contributed by atoms with Crippen LogP contribution in [0, 0.1) is 6.92 Å². The van der Waals surface area contributed by atoms with Crippen LogP contribution in [0.1, 0.15) is 35.1 Å². The highest BCUT2D eigenvalue weighted by atomic mass is 32.1. The molecule has 14 heavy (non-hydrogen) atoms. The van der Waals surface area contributed by atoms with Crippen molar-refractivity contribution in [1.82, 2.24) is 0 Å². The van der Waals surface area contributed by atoms with Crippen molar-refractivity contribution in [3.63, 3.8) is 0 Å². The molecule has 1 fully saturated rings. The predicted molar refractivity (Wildman–Crippen MR) is 57.6 cm³/mol. The van der Waals surface area contributed by atoms with E-state index in [0.717, 1.165) is 24.1 Å². The lowest BCUT2D eigenvalue weighted by Crippen LogP contribution is -2.44. The third kappa shape index (κ3) is 1.49. The Morgan fingerprint density at radius 3 is 2.57 bits per heavy atom. The zero-order valence-corrected chi connectivity index (χ0v) is 9.43. The van der Waals surface area contributed by atoms with Crippen LogP contribution >= 0.6 is 11.3 Å². The highest BCUT2D eigenvalue weighted by molar-refractivity contribution is 7.12. The molecule has 3 heteroatoms. The molecule has 1 aliphatic carbocycles. The Kier molecular flexibility index (Phi) is 2.64. The van der Waals surface area contributed by atoms with Crippen LogP contribution in [0.5, 0.6) is 0 Å². The van der Waals surface area contributed by atoms with E-state index in [1.165, 1.54) is 4.88 Å². The molecule has 0 aliphatic heterocycles. The number of hydrogen-bond acceptors (Lipinski definition) is 3. The fourth-order valence-corrected chi connectivity index (χ4v) is 2.94. The zero-order chi connectivity index (χ0) is 10.2. The van der Waals surface area contributed by atoms with Crippen LogP contribution in [0.15, 0.2) is 12.1 Å². The Labute approximate surface area is 88.5 Å². The van der Waals surface area contributed by atoms with Crippen molar-refractivity contribution in [2.75, 3.05) is 7.11 Å². The quantitative estimate of drug-likeness (QED) is 0.834. The SMILES string of the molecule is COC1(C(O)c2ccc(C)s2)CCC1. The summed E-state index contributed by atoms with van der Waals surface area (Å²) in [6.45, 7) is 2.06. The number of ether oxygens (including phenoxy) is 1. The van der Waals surface area contributed by atoms with Crippen LogP contribution in [0.4, 0.5) is 0 Å². The van der Waals surface area contributed by atoms with Crippen molar-refractivity contribution in [2.24, 2.45) is 0 Å². The standard InChI is InChI=1S/C11H16O2S/c1-8-4-5-9(14-8)10(12)11(13-2)6-3-7-11/h4-5,10,12H,3,6-7H2,1-2H3. The van der Waals surface area contributed by atoms with E-state index in [1.807, 2.05) is 12.1 Å². The molecular weight excluding hydrogens is 196 g/mol. The van der Waals surface area contributed by atoms with Gasteiger partial charge in [0.1, 0.15) is 6.10 Å². The van der Waals surface area contributed by atoms with E-state index in [9.17, 15) is 5.11 Å². The van der Waals surface area contributed by atoms with Crippen molar-refractivity contribution in [2.45, 2.75) is 37.9 Å². The van der Waals surface area contributed by atoms with Gasteiger partial charge in [0.2, 0.25) is 0 Å². The average molecular weight is 212 g/mol. The molecular formula is C11H16O2S. The number of methoxy groups -OCH3 is 1. The molecule has 0 spiro atoms. The van der Waals surface area contributed by atoms with Crippen LogP contribution in [0.2, 0.25) is 0 Å². The van der Waals surface area contributed by atoms with Crippen molar-refractivity contribution in [1.29, 1.82) is 0 Å². The van der Waals surface area contributed by atoms with E-state index in [0.29, 0.717) is 0 Å². The fourth-order valence-electron chi connectivity index (χ4n) is 1.97. The minimum Gasteiger partial charge on any atom is -0.385 e. The van der Waals surface area contributed by atoms with Crippen LogP contribution in [0.25, 0.3) is 0 Å². The van der Waals surface area contributed by atoms with Gasteiger partial charge >= 0.3 is 0 Å². The van der Waals surface area contributed by atoms with Gasteiger partial charge < -0.3 is 9.84 Å². The van der Waals surface area contributed by atoms with Gasteiger partial charge in [-0.1, -0.05) is 0 Å². The molecule has 0 saturated heterocycles. The maximum Gasteiger partial charge on any atom is 0.117 e. The zero-order valence-electron chi connectivity index (χ0n) is 8.62. The van der Waals surface area contributed by atoms with Gasteiger partial charge in [-0.3, -0.25) is 0 Å². The first-order valence-corrected chi connectivity index (χ1v) is 5.79. The van der Waals surface area contributed by atoms with Crippen LogP contribution < -0.4 is 0 Å². The van der Waals surface area contributed by atoms with Gasteiger partial charge in [-0.15, -0.1) is 11.3 Å². The second kappa shape index (κ2) is 3.65. The Balaban J connectivity index is 2.18. The lowest BCUT2D eigenvalue weighted by molar-refractivity contribution is -0.150. The molecule has 1 aromatic rings. The molecule has 0 radical (unpaired) electrons. The lowest BCUT2D eigenvalue weighted by atomic mass is 9.75. The van der Waals surface area contributed by atoms with Crippen molar-refractivity contribution in [3.05, 3.63) is 21.9 Å². The summed E-state index contributed by atoms with van der Waals surface area (Å²) in [5.74, 6) is 0. The Hall–Kier alpha value is -0.380. The summed E-state index contributed by atoms with van der Waals surface area (Å²) in [5, 5.41) is 10.2. The first-order valence-electron chi connectivity index (χ1n) is 4.97. The van der Waals surface area contributed by atoms with Gasteiger partial charge in [0.15, 0.2) is 0 Å². The average Bonchev–Trinajstić information content (AvgIpc) is 2.50. The number of rotatable bonds is 3. The molecule has 0 amide bonds. The van der Waals surface area contributed by atoms with Crippen molar-refractivity contribution >= 4 is 11.3 Å². The first-order chi connectivity index (χ1) is 6.68.